The number of carbonyl (C=O) groups is 2. The van der Waals surface area contributed by atoms with Gasteiger partial charge in [-0.1, -0.05) is 20.8 Å². The van der Waals surface area contributed by atoms with Gasteiger partial charge in [-0.05, 0) is 0 Å². The smallest absolute Gasteiger partial charge is 0.228 e. The number of nitrogens with zero attached hydrogens (tertiary/aromatic N) is 3. The van der Waals surface area contributed by atoms with E-state index in [1.54, 1.807) is 11.2 Å². The Morgan fingerprint density at radius 3 is 2.71 bits per heavy atom. The van der Waals surface area contributed by atoms with Crippen molar-refractivity contribution in [2.24, 2.45) is 5.41 Å². The fourth-order valence-corrected chi connectivity index (χ4v) is 2.02. The van der Waals surface area contributed by atoms with Gasteiger partial charge in [0.05, 0.1) is 18.6 Å². The van der Waals surface area contributed by atoms with E-state index in [4.69, 9.17) is 0 Å². The highest BCUT2D eigenvalue weighted by Gasteiger charge is 2.30. The van der Waals surface area contributed by atoms with E-state index in [1.807, 2.05) is 25.3 Å². The molecule has 0 fully saturated rings. The summed E-state index contributed by atoms with van der Waals surface area (Å²) in [6, 6.07) is 0. The van der Waals surface area contributed by atoms with Gasteiger partial charge >= 0.3 is 0 Å². The van der Waals surface area contributed by atoms with Crippen LogP contribution in [0.3, 0.4) is 0 Å². The Kier molecular flexibility index (Phi) is 2.77. The monoisotopic (exact) mass is 235 g/mol. The molecule has 0 unspecified atom stereocenters. The molecule has 0 aliphatic carbocycles. The molecule has 5 nitrogen and oxygen atoms in total. The van der Waals surface area contributed by atoms with Crippen molar-refractivity contribution in [2.75, 3.05) is 6.54 Å². The van der Waals surface area contributed by atoms with Gasteiger partial charge in [0.15, 0.2) is 6.29 Å². The molecule has 1 aliphatic heterocycles. The van der Waals surface area contributed by atoms with Gasteiger partial charge in [0.25, 0.3) is 0 Å². The van der Waals surface area contributed by atoms with Crippen LogP contribution in [0.25, 0.3) is 0 Å². The molecule has 0 bridgehead atoms. The highest BCUT2D eigenvalue weighted by atomic mass is 16.2. The Bertz CT molecular complexity index is 457. The molecule has 92 valence electrons. The second-order valence-corrected chi connectivity index (χ2v) is 5.36. The first-order valence-corrected chi connectivity index (χ1v) is 5.72. The Labute approximate surface area is 100 Å². The maximum atomic E-state index is 12.2. The van der Waals surface area contributed by atoms with Gasteiger partial charge in [-0.3, -0.25) is 9.59 Å². The van der Waals surface area contributed by atoms with Crippen LogP contribution in [0.5, 0.6) is 0 Å². The third-order valence-electron chi connectivity index (χ3n) is 2.97. The van der Waals surface area contributed by atoms with Crippen LogP contribution >= 0.6 is 0 Å². The Morgan fingerprint density at radius 1 is 1.41 bits per heavy atom. The van der Waals surface area contributed by atoms with Gasteiger partial charge in [0, 0.05) is 18.5 Å². The van der Waals surface area contributed by atoms with Crippen LogP contribution in [-0.2, 0) is 17.9 Å². The lowest BCUT2D eigenvalue weighted by Crippen LogP contribution is -2.43. The minimum absolute atomic E-state index is 0.113. The van der Waals surface area contributed by atoms with E-state index in [2.05, 4.69) is 4.98 Å². The SMILES string of the molecule is CC(C)(C)C(=O)N1CCn2cnc(C=O)c2C1. The Hall–Kier alpha value is -1.65. The molecule has 0 atom stereocenters. The number of aldehydes is 1. The lowest BCUT2D eigenvalue weighted by molar-refractivity contribution is -0.141. The molecule has 1 amide bonds. The van der Waals surface area contributed by atoms with Crippen molar-refractivity contribution in [3.8, 4) is 0 Å². The predicted octanol–water partition coefficient (Wildman–Crippen LogP) is 1.08. The number of amides is 1. The van der Waals surface area contributed by atoms with Crippen molar-refractivity contribution >= 4 is 12.2 Å². The summed E-state index contributed by atoms with van der Waals surface area (Å²) in [5, 5.41) is 0. The van der Waals surface area contributed by atoms with Crippen LogP contribution in [0.2, 0.25) is 0 Å². The average Bonchev–Trinajstić information content (AvgIpc) is 2.68. The quantitative estimate of drug-likeness (QED) is 0.684. The first kappa shape index (κ1) is 11.8. The third kappa shape index (κ3) is 2.09. The molecule has 0 saturated heterocycles. The van der Waals surface area contributed by atoms with Crippen LogP contribution in [0.1, 0.15) is 37.0 Å². The molecule has 0 N–H and O–H groups in total. The van der Waals surface area contributed by atoms with E-state index >= 15 is 0 Å². The summed E-state index contributed by atoms with van der Waals surface area (Å²) in [7, 11) is 0. The number of aromatic nitrogens is 2. The molecule has 1 aromatic rings. The molecule has 0 radical (unpaired) electrons. The Balaban J connectivity index is 2.23. The highest BCUT2D eigenvalue weighted by molar-refractivity contribution is 5.82. The van der Waals surface area contributed by atoms with E-state index in [0.29, 0.717) is 25.3 Å². The van der Waals surface area contributed by atoms with Crippen molar-refractivity contribution in [1.82, 2.24) is 14.5 Å². The van der Waals surface area contributed by atoms with Gasteiger partial charge in [-0.15, -0.1) is 0 Å². The lowest BCUT2D eigenvalue weighted by atomic mass is 9.94. The van der Waals surface area contributed by atoms with E-state index in [9.17, 15) is 9.59 Å². The largest absolute Gasteiger partial charge is 0.335 e. The summed E-state index contributed by atoms with van der Waals surface area (Å²) < 4.78 is 1.94. The number of carbonyl (C=O) groups excluding carboxylic acids is 2. The maximum absolute atomic E-state index is 12.2. The molecule has 2 rings (SSSR count). The number of hydrogen-bond acceptors (Lipinski definition) is 3. The summed E-state index contributed by atoms with van der Waals surface area (Å²) >= 11 is 0. The zero-order valence-corrected chi connectivity index (χ0v) is 10.4. The molecule has 5 heteroatoms. The second kappa shape index (κ2) is 3.98. The molecule has 17 heavy (non-hydrogen) atoms. The van der Waals surface area contributed by atoms with Crippen LogP contribution in [-0.4, -0.2) is 33.2 Å². The van der Waals surface area contributed by atoms with Crippen LogP contribution in [0.15, 0.2) is 6.33 Å². The van der Waals surface area contributed by atoms with E-state index in [0.717, 1.165) is 12.0 Å². The molecular weight excluding hydrogens is 218 g/mol. The van der Waals surface area contributed by atoms with Crippen molar-refractivity contribution in [3.63, 3.8) is 0 Å². The summed E-state index contributed by atoms with van der Waals surface area (Å²) in [6.07, 6.45) is 2.41. The summed E-state index contributed by atoms with van der Waals surface area (Å²) in [4.78, 5) is 28.8. The van der Waals surface area contributed by atoms with Gasteiger partial charge < -0.3 is 9.47 Å². The standard InChI is InChI=1S/C12H17N3O2/c1-12(2,3)11(17)14-4-5-15-8-13-9(7-16)10(15)6-14/h7-8H,4-6H2,1-3H3. The average molecular weight is 235 g/mol. The summed E-state index contributed by atoms with van der Waals surface area (Å²) in [5.74, 6) is 0.113. The van der Waals surface area contributed by atoms with Crippen LogP contribution in [0.4, 0.5) is 0 Å². The fraction of sp³-hybridized carbons (Fsp3) is 0.583. The zero-order valence-electron chi connectivity index (χ0n) is 10.4. The van der Waals surface area contributed by atoms with E-state index < -0.39 is 0 Å². The van der Waals surface area contributed by atoms with E-state index in [-0.39, 0.29) is 11.3 Å². The zero-order chi connectivity index (χ0) is 12.6. The van der Waals surface area contributed by atoms with Gasteiger partial charge in [-0.2, -0.15) is 0 Å². The summed E-state index contributed by atoms with van der Waals surface area (Å²) in [6.45, 7) is 7.57. The number of hydrogen-bond donors (Lipinski definition) is 0. The second-order valence-electron chi connectivity index (χ2n) is 5.36. The maximum Gasteiger partial charge on any atom is 0.228 e. The molecular formula is C12H17N3O2. The summed E-state index contributed by atoms with van der Waals surface area (Å²) in [5.41, 5.74) is 0.893. The Morgan fingerprint density at radius 2 is 2.12 bits per heavy atom. The normalized spacial score (nSPS) is 15.6. The topological polar surface area (TPSA) is 55.2 Å². The lowest BCUT2D eigenvalue weighted by Gasteiger charge is -2.33. The van der Waals surface area contributed by atoms with Crippen molar-refractivity contribution in [1.29, 1.82) is 0 Å². The minimum atomic E-state index is -0.385. The van der Waals surface area contributed by atoms with Crippen molar-refractivity contribution in [3.05, 3.63) is 17.7 Å². The van der Waals surface area contributed by atoms with Crippen LogP contribution in [0, 0.1) is 5.41 Å². The van der Waals surface area contributed by atoms with Gasteiger partial charge in [0.2, 0.25) is 5.91 Å². The van der Waals surface area contributed by atoms with Crippen LogP contribution < -0.4 is 0 Å². The number of fused-ring (bicyclic) bond motifs is 1. The molecule has 0 saturated carbocycles. The molecule has 0 spiro atoms. The minimum Gasteiger partial charge on any atom is -0.335 e. The third-order valence-corrected chi connectivity index (χ3v) is 2.97. The molecule has 2 heterocycles. The van der Waals surface area contributed by atoms with Gasteiger partial charge in [-0.25, -0.2) is 4.98 Å². The molecule has 0 aromatic carbocycles. The first-order chi connectivity index (χ1) is 7.93. The number of rotatable bonds is 1. The van der Waals surface area contributed by atoms with E-state index in [1.165, 1.54) is 0 Å². The highest BCUT2D eigenvalue weighted by Crippen LogP contribution is 2.22. The molecule has 1 aromatic heterocycles. The fourth-order valence-electron chi connectivity index (χ4n) is 2.02. The van der Waals surface area contributed by atoms with Crippen molar-refractivity contribution < 1.29 is 9.59 Å². The molecule has 1 aliphatic rings. The van der Waals surface area contributed by atoms with Crippen molar-refractivity contribution in [2.45, 2.75) is 33.9 Å². The number of imidazole rings is 1. The first-order valence-electron chi connectivity index (χ1n) is 5.72. The van der Waals surface area contributed by atoms with Gasteiger partial charge in [0.1, 0.15) is 5.69 Å². The predicted molar refractivity (Wildman–Crippen MR) is 62.5 cm³/mol.